The van der Waals surface area contributed by atoms with E-state index in [-0.39, 0.29) is 23.5 Å². The monoisotopic (exact) mass is 459 g/mol. The first-order chi connectivity index (χ1) is 16.0. The van der Waals surface area contributed by atoms with Crippen molar-refractivity contribution in [2.75, 3.05) is 5.32 Å². The first-order valence-corrected chi connectivity index (χ1v) is 11.6. The van der Waals surface area contributed by atoms with E-state index in [4.69, 9.17) is 0 Å². The van der Waals surface area contributed by atoms with Crippen LogP contribution in [0.1, 0.15) is 23.3 Å². The third-order valence-electron chi connectivity index (χ3n) is 5.39. The highest BCUT2D eigenvalue weighted by Crippen LogP contribution is 2.43. The van der Waals surface area contributed by atoms with Gasteiger partial charge in [-0.3, -0.25) is 14.4 Å². The minimum Gasteiger partial charge on any atom is -0.344 e. The van der Waals surface area contributed by atoms with E-state index < -0.39 is 18.0 Å². The molecule has 3 N–H and O–H groups in total. The minimum atomic E-state index is -0.814. The van der Waals surface area contributed by atoms with Gasteiger partial charge in [0.25, 0.3) is 0 Å². The zero-order valence-electron chi connectivity index (χ0n) is 18.2. The van der Waals surface area contributed by atoms with E-state index in [2.05, 4.69) is 16.0 Å². The summed E-state index contributed by atoms with van der Waals surface area (Å²) in [6.45, 7) is 1.62. The number of hydrogen-bond donors (Lipinski definition) is 3. The van der Waals surface area contributed by atoms with Gasteiger partial charge in [-0.2, -0.15) is 0 Å². The van der Waals surface area contributed by atoms with Crippen molar-refractivity contribution in [1.82, 2.24) is 10.6 Å². The number of anilines is 1. The van der Waals surface area contributed by atoms with Gasteiger partial charge in [-0.15, -0.1) is 11.8 Å². The molecule has 3 aromatic carbocycles. The summed E-state index contributed by atoms with van der Waals surface area (Å²) in [6, 6.07) is 24.9. The second-order valence-electron chi connectivity index (χ2n) is 7.87. The number of para-hydroxylation sites is 1. The predicted octanol–water partition coefficient (Wildman–Crippen LogP) is 3.70. The fraction of sp³-hybridized carbons (Fsp3) is 0.192. The van der Waals surface area contributed by atoms with Gasteiger partial charge in [0, 0.05) is 4.90 Å². The summed E-state index contributed by atoms with van der Waals surface area (Å²) in [5, 5.41) is 8.21. The molecular formula is C26H25N3O3S. The molecule has 3 atom stereocenters. The van der Waals surface area contributed by atoms with Crippen LogP contribution in [-0.4, -0.2) is 29.8 Å². The maximum absolute atomic E-state index is 13.2. The highest BCUT2D eigenvalue weighted by molar-refractivity contribution is 7.99. The summed E-state index contributed by atoms with van der Waals surface area (Å²) in [7, 11) is 0. The third-order valence-corrected chi connectivity index (χ3v) is 6.80. The molecule has 0 saturated carbocycles. The molecular weight excluding hydrogens is 434 g/mol. The number of nitrogens with one attached hydrogen (secondary N) is 3. The van der Waals surface area contributed by atoms with Gasteiger partial charge in [-0.1, -0.05) is 72.8 Å². The van der Waals surface area contributed by atoms with Gasteiger partial charge in [0.15, 0.2) is 0 Å². The van der Waals surface area contributed by atoms with Crippen molar-refractivity contribution in [1.29, 1.82) is 0 Å². The lowest BCUT2D eigenvalue weighted by molar-refractivity contribution is -0.130. The summed E-state index contributed by atoms with van der Waals surface area (Å²) in [5.41, 5.74) is 2.51. The van der Waals surface area contributed by atoms with Crippen molar-refractivity contribution in [3.63, 3.8) is 0 Å². The van der Waals surface area contributed by atoms with Gasteiger partial charge in [-0.05, 0) is 30.2 Å². The zero-order valence-corrected chi connectivity index (χ0v) is 19.0. The molecule has 0 aromatic heterocycles. The van der Waals surface area contributed by atoms with Crippen LogP contribution in [0.25, 0.3) is 0 Å². The van der Waals surface area contributed by atoms with Crippen LogP contribution in [0, 0.1) is 0 Å². The molecule has 0 spiro atoms. The lowest BCUT2D eigenvalue weighted by Gasteiger charge is -2.26. The van der Waals surface area contributed by atoms with Gasteiger partial charge < -0.3 is 16.0 Å². The van der Waals surface area contributed by atoms with E-state index in [1.807, 2.05) is 84.9 Å². The fourth-order valence-electron chi connectivity index (χ4n) is 3.69. The molecule has 33 heavy (non-hydrogen) atoms. The molecule has 1 heterocycles. The Morgan fingerprint density at radius 2 is 1.58 bits per heavy atom. The Kier molecular flexibility index (Phi) is 7.10. The molecule has 0 fully saturated rings. The Balaban J connectivity index is 1.50. The van der Waals surface area contributed by atoms with Crippen molar-refractivity contribution in [3.8, 4) is 0 Å². The van der Waals surface area contributed by atoms with E-state index in [9.17, 15) is 14.4 Å². The molecule has 1 aliphatic heterocycles. The lowest BCUT2D eigenvalue weighted by atomic mass is 10.0. The maximum Gasteiger partial charge on any atom is 0.248 e. The first-order valence-electron chi connectivity index (χ1n) is 10.8. The van der Waals surface area contributed by atoms with Crippen molar-refractivity contribution in [2.24, 2.45) is 0 Å². The molecule has 0 saturated heterocycles. The number of benzene rings is 3. The molecule has 3 amide bonds. The second kappa shape index (κ2) is 10.4. The normalized spacial score (nSPS) is 18.3. The molecule has 0 unspecified atom stereocenters. The molecule has 0 radical (unpaired) electrons. The number of hydrogen-bond acceptors (Lipinski definition) is 4. The molecule has 3 aromatic rings. The van der Waals surface area contributed by atoms with Crippen LogP contribution in [-0.2, 0) is 20.8 Å². The van der Waals surface area contributed by atoms with Gasteiger partial charge in [0.2, 0.25) is 17.7 Å². The highest BCUT2D eigenvalue weighted by atomic mass is 32.2. The molecule has 1 aliphatic rings. The van der Waals surface area contributed by atoms with Crippen LogP contribution in [0.5, 0.6) is 0 Å². The number of carbonyl (C=O) groups excluding carboxylic acids is 3. The van der Waals surface area contributed by atoms with Crippen molar-refractivity contribution < 1.29 is 14.4 Å². The topological polar surface area (TPSA) is 87.3 Å². The Morgan fingerprint density at radius 3 is 2.30 bits per heavy atom. The quantitative estimate of drug-likeness (QED) is 0.525. The average molecular weight is 460 g/mol. The Labute approximate surface area is 197 Å². The van der Waals surface area contributed by atoms with E-state index in [0.29, 0.717) is 0 Å². The SMILES string of the molecule is C[C@H](NC(=O)Cc1ccccc1)C(=O)N[C@@H]1C(=O)Nc2ccccc2S[C@@H]1c1ccccc1. The summed E-state index contributed by atoms with van der Waals surface area (Å²) >= 11 is 1.53. The first kappa shape index (κ1) is 22.6. The number of fused-ring (bicyclic) bond motifs is 1. The number of amides is 3. The molecule has 168 valence electrons. The van der Waals surface area contributed by atoms with E-state index in [0.717, 1.165) is 21.7 Å². The molecule has 6 nitrogen and oxygen atoms in total. The summed E-state index contributed by atoms with van der Waals surface area (Å²) in [6.07, 6.45) is 0.181. The van der Waals surface area contributed by atoms with Gasteiger partial charge >= 0.3 is 0 Å². The predicted molar refractivity (Wildman–Crippen MR) is 130 cm³/mol. The van der Waals surface area contributed by atoms with Crippen LogP contribution in [0.15, 0.2) is 89.8 Å². The summed E-state index contributed by atoms with van der Waals surface area (Å²) in [5.74, 6) is -0.961. The zero-order chi connectivity index (χ0) is 23.2. The van der Waals surface area contributed by atoms with Crippen molar-refractivity contribution in [3.05, 3.63) is 96.1 Å². The van der Waals surface area contributed by atoms with Crippen LogP contribution < -0.4 is 16.0 Å². The second-order valence-corrected chi connectivity index (χ2v) is 9.06. The molecule has 0 bridgehead atoms. The Bertz CT molecular complexity index is 1140. The smallest absolute Gasteiger partial charge is 0.248 e. The summed E-state index contributed by atoms with van der Waals surface area (Å²) < 4.78 is 0. The number of carbonyl (C=O) groups is 3. The Hall–Kier alpha value is -3.58. The van der Waals surface area contributed by atoms with Gasteiger partial charge in [0.05, 0.1) is 17.4 Å². The largest absolute Gasteiger partial charge is 0.344 e. The third kappa shape index (κ3) is 5.62. The number of rotatable bonds is 6. The lowest BCUT2D eigenvalue weighted by Crippen LogP contribution is -2.53. The molecule has 7 heteroatoms. The van der Waals surface area contributed by atoms with Gasteiger partial charge in [-0.25, -0.2) is 0 Å². The maximum atomic E-state index is 13.2. The van der Waals surface area contributed by atoms with E-state index in [1.165, 1.54) is 11.8 Å². The standard InChI is InChI=1S/C26H25N3O3S/c1-17(27-22(30)16-18-10-4-2-5-11-18)25(31)29-23-24(19-12-6-3-7-13-19)33-21-15-9-8-14-20(21)28-26(23)32/h2-15,17,23-24H,16H2,1H3,(H,27,30)(H,28,32)(H,29,31)/t17-,23-,24+/m0/s1. The average Bonchev–Trinajstić information content (AvgIpc) is 2.96. The minimum absolute atomic E-state index is 0.181. The summed E-state index contributed by atoms with van der Waals surface area (Å²) in [4.78, 5) is 39.5. The van der Waals surface area contributed by atoms with E-state index in [1.54, 1.807) is 6.92 Å². The van der Waals surface area contributed by atoms with Crippen LogP contribution in [0.2, 0.25) is 0 Å². The Morgan fingerprint density at radius 1 is 0.939 bits per heavy atom. The molecule has 4 rings (SSSR count). The highest BCUT2D eigenvalue weighted by Gasteiger charge is 2.36. The number of thioether (sulfide) groups is 1. The van der Waals surface area contributed by atoms with Gasteiger partial charge in [0.1, 0.15) is 12.1 Å². The van der Waals surface area contributed by atoms with Crippen LogP contribution in [0.3, 0.4) is 0 Å². The van der Waals surface area contributed by atoms with E-state index >= 15 is 0 Å². The van der Waals surface area contributed by atoms with Crippen LogP contribution >= 0.6 is 11.8 Å². The molecule has 0 aliphatic carbocycles. The fourth-order valence-corrected chi connectivity index (χ4v) is 4.99. The van der Waals surface area contributed by atoms with Crippen LogP contribution in [0.4, 0.5) is 5.69 Å². The van der Waals surface area contributed by atoms with Crippen molar-refractivity contribution >= 4 is 35.2 Å². The van der Waals surface area contributed by atoms with Crippen molar-refractivity contribution in [2.45, 2.75) is 35.6 Å².